The highest BCUT2D eigenvalue weighted by atomic mass is 16.5. The Morgan fingerprint density at radius 3 is 2.13 bits per heavy atom. The first-order chi connectivity index (χ1) is 14.5. The summed E-state index contributed by atoms with van der Waals surface area (Å²) in [5, 5.41) is 12.1. The van der Waals surface area contributed by atoms with Gasteiger partial charge in [0.05, 0.1) is 0 Å². The Labute approximate surface area is 184 Å². The molecule has 2 aromatic rings. The molecule has 0 aliphatic carbocycles. The molecule has 162 valence electrons. The lowest BCUT2D eigenvalue weighted by Gasteiger charge is -2.19. The minimum atomic E-state index is -1.05. The normalized spacial score (nSPS) is 12.5. The van der Waals surface area contributed by atoms with E-state index in [2.05, 4.69) is 26.1 Å². The molecule has 0 aromatic heterocycles. The number of amides is 1. The summed E-state index contributed by atoms with van der Waals surface area (Å²) < 4.78 is 5.20. The number of rotatable bonds is 6. The van der Waals surface area contributed by atoms with Crippen LogP contribution in [-0.4, -0.2) is 32.1 Å². The SMILES string of the molecule is CC(OC(=O)/C(C#N)=C/c1ccc(N(C)C)cc1)C(=O)Nc1ccc(C(C)(C)C)cc1. The Hall–Kier alpha value is -3.59. The van der Waals surface area contributed by atoms with Crippen LogP contribution < -0.4 is 10.2 Å². The lowest BCUT2D eigenvalue weighted by molar-refractivity contribution is -0.148. The van der Waals surface area contributed by atoms with Gasteiger partial charge in [-0.05, 0) is 53.8 Å². The van der Waals surface area contributed by atoms with Gasteiger partial charge in [0.1, 0.15) is 11.6 Å². The van der Waals surface area contributed by atoms with Crippen LogP contribution in [0, 0.1) is 11.3 Å². The number of carbonyl (C=O) groups excluding carboxylic acids is 2. The number of nitrogens with zero attached hydrogens (tertiary/aromatic N) is 2. The van der Waals surface area contributed by atoms with Gasteiger partial charge in [-0.25, -0.2) is 4.79 Å². The van der Waals surface area contributed by atoms with Crippen LogP contribution in [0.1, 0.15) is 38.8 Å². The van der Waals surface area contributed by atoms with E-state index in [1.807, 2.05) is 61.5 Å². The average molecular weight is 420 g/mol. The van der Waals surface area contributed by atoms with Crippen LogP contribution in [0.5, 0.6) is 0 Å². The van der Waals surface area contributed by atoms with E-state index in [4.69, 9.17) is 4.74 Å². The van der Waals surface area contributed by atoms with Crippen molar-refractivity contribution in [2.75, 3.05) is 24.3 Å². The fourth-order valence-corrected chi connectivity index (χ4v) is 2.75. The van der Waals surface area contributed by atoms with Crippen LogP contribution in [0.15, 0.2) is 54.1 Å². The fraction of sp³-hybridized carbons (Fsp3) is 0.320. The van der Waals surface area contributed by atoms with Crippen molar-refractivity contribution in [2.24, 2.45) is 0 Å². The van der Waals surface area contributed by atoms with E-state index in [-0.39, 0.29) is 11.0 Å². The van der Waals surface area contributed by atoms with Crippen molar-refractivity contribution in [3.05, 3.63) is 65.2 Å². The van der Waals surface area contributed by atoms with E-state index < -0.39 is 18.0 Å². The second-order valence-electron chi connectivity index (χ2n) is 8.52. The third-order valence-electron chi connectivity index (χ3n) is 4.73. The molecule has 0 aliphatic rings. The molecule has 0 spiro atoms. The Kier molecular flexibility index (Phi) is 7.60. The third-order valence-corrected chi connectivity index (χ3v) is 4.73. The summed E-state index contributed by atoms with van der Waals surface area (Å²) >= 11 is 0. The number of carbonyl (C=O) groups is 2. The van der Waals surface area contributed by atoms with Gasteiger partial charge in [0.25, 0.3) is 5.91 Å². The lowest BCUT2D eigenvalue weighted by Crippen LogP contribution is -2.30. The summed E-state index contributed by atoms with van der Waals surface area (Å²) in [4.78, 5) is 26.7. The first-order valence-corrected chi connectivity index (χ1v) is 10.0. The van der Waals surface area contributed by atoms with Gasteiger partial charge in [-0.3, -0.25) is 4.79 Å². The van der Waals surface area contributed by atoms with Gasteiger partial charge in [0.15, 0.2) is 6.10 Å². The van der Waals surface area contributed by atoms with Gasteiger partial charge in [-0.15, -0.1) is 0 Å². The summed E-state index contributed by atoms with van der Waals surface area (Å²) in [6.07, 6.45) is 0.389. The van der Waals surface area contributed by atoms with Crippen molar-refractivity contribution in [1.82, 2.24) is 0 Å². The van der Waals surface area contributed by atoms with Crippen molar-refractivity contribution in [3.63, 3.8) is 0 Å². The van der Waals surface area contributed by atoms with E-state index in [1.165, 1.54) is 13.0 Å². The highest BCUT2D eigenvalue weighted by molar-refractivity contribution is 6.01. The monoisotopic (exact) mass is 419 g/mol. The maximum Gasteiger partial charge on any atom is 0.349 e. The molecule has 0 saturated carbocycles. The van der Waals surface area contributed by atoms with Gasteiger partial charge >= 0.3 is 5.97 Å². The molecule has 1 N–H and O–H groups in total. The first kappa shape index (κ1) is 23.7. The minimum Gasteiger partial charge on any atom is -0.448 e. The fourth-order valence-electron chi connectivity index (χ4n) is 2.75. The number of nitriles is 1. The van der Waals surface area contributed by atoms with Gasteiger partial charge in [0.2, 0.25) is 0 Å². The molecule has 6 heteroatoms. The molecule has 0 fully saturated rings. The summed E-state index contributed by atoms with van der Waals surface area (Å²) in [5.74, 6) is -1.31. The van der Waals surface area contributed by atoms with Crippen LogP contribution in [0.25, 0.3) is 6.08 Å². The Bertz CT molecular complexity index is 992. The van der Waals surface area contributed by atoms with E-state index in [0.717, 1.165) is 11.3 Å². The molecular weight excluding hydrogens is 390 g/mol. The van der Waals surface area contributed by atoms with Crippen molar-refractivity contribution in [2.45, 2.75) is 39.2 Å². The van der Waals surface area contributed by atoms with E-state index in [1.54, 1.807) is 12.1 Å². The largest absolute Gasteiger partial charge is 0.448 e. The molecule has 1 atom stereocenters. The Morgan fingerprint density at radius 1 is 1.06 bits per heavy atom. The standard InChI is InChI=1S/C25H29N3O3/c1-17(23(29)27-21-11-9-20(10-12-21)25(2,3)4)31-24(30)19(16-26)15-18-7-13-22(14-8-18)28(5)6/h7-15,17H,1-6H3,(H,27,29)/b19-15+. The second kappa shape index (κ2) is 9.94. The van der Waals surface area contributed by atoms with Gasteiger partial charge < -0.3 is 15.0 Å². The zero-order valence-corrected chi connectivity index (χ0v) is 18.9. The molecule has 0 aliphatic heterocycles. The number of hydrogen-bond donors (Lipinski definition) is 1. The maximum absolute atomic E-state index is 12.4. The number of anilines is 2. The molecule has 0 bridgehead atoms. The molecule has 0 heterocycles. The summed E-state index contributed by atoms with van der Waals surface area (Å²) in [6, 6.07) is 16.7. The van der Waals surface area contributed by atoms with Crippen LogP contribution in [0.2, 0.25) is 0 Å². The minimum absolute atomic E-state index is 0.0121. The molecule has 2 aromatic carbocycles. The van der Waals surface area contributed by atoms with Crippen molar-refractivity contribution in [1.29, 1.82) is 5.26 Å². The summed E-state index contributed by atoms with van der Waals surface area (Å²) in [5.41, 5.74) is 3.28. The topological polar surface area (TPSA) is 82.4 Å². The smallest absolute Gasteiger partial charge is 0.349 e. The number of nitrogens with one attached hydrogen (secondary N) is 1. The van der Waals surface area contributed by atoms with Gasteiger partial charge in [0, 0.05) is 25.5 Å². The van der Waals surface area contributed by atoms with Crippen LogP contribution in [-0.2, 0) is 19.7 Å². The third kappa shape index (κ3) is 6.71. The molecule has 1 amide bonds. The number of hydrogen-bond acceptors (Lipinski definition) is 5. The van der Waals surface area contributed by atoms with E-state index in [9.17, 15) is 14.9 Å². The first-order valence-electron chi connectivity index (χ1n) is 10.0. The van der Waals surface area contributed by atoms with Crippen molar-refractivity contribution < 1.29 is 14.3 Å². The number of esters is 1. The molecular formula is C25H29N3O3. The zero-order chi connectivity index (χ0) is 23.2. The molecule has 2 rings (SSSR count). The predicted molar refractivity (Wildman–Crippen MR) is 124 cm³/mol. The highest BCUT2D eigenvalue weighted by Gasteiger charge is 2.21. The predicted octanol–water partition coefficient (Wildman–Crippen LogP) is 4.53. The van der Waals surface area contributed by atoms with Gasteiger partial charge in [-0.2, -0.15) is 5.26 Å². The molecule has 0 saturated heterocycles. The maximum atomic E-state index is 12.4. The average Bonchev–Trinajstić information content (AvgIpc) is 2.71. The lowest BCUT2D eigenvalue weighted by atomic mass is 9.87. The number of benzene rings is 2. The molecule has 31 heavy (non-hydrogen) atoms. The van der Waals surface area contributed by atoms with Gasteiger partial charge in [-0.1, -0.05) is 45.0 Å². The number of ether oxygens (including phenoxy) is 1. The zero-order valence-electron chi connectivity index (χ0n) is 18.9. The van der Waals surface area contributed by atoms with E-state index >= 15 is 0 Å². The Morgan fingerprint density at radius 2 is 1.65 bits per heavy atom. The van der Waals surface area contributed by atoms with E-state index in [0.29, 0.717) is 11.3 Å². The second-order valence-corrected chi connectivity index (χ2v) is 8.52. The van der Waals surface area contributed by atoms with Crippen molar-refractivity contribution in [3.8, 4) is 6.07 Å². The molecule has 0 radical (unpaired) electrons. The van der Waals surface area contributed by atoms with Crippen LogP contribution in [0.3, 0.4) is 0 Å². The molecule has 6 nitrogen and oxygen atoms in total. The summed E-state index contributed by atoms with van der Waals surface area (Å²) in [7, 11) is 3.85. The Balaban J connectivity index is 2.02. The molecule has 1 unspecified atom stereocenters. The quantitative estimate of drug-likeness (QED) is 0.423. The van der Waals surface area contributed by atoms with Crippen LogP contribution >= 0.6 is 0 Å². The highest BCUT2D eigenvalue weighted by Crippen LogP contribution is 2.23. The van der Waals surface area contributed by atoms with Crippen LogP contribution in [0.4, 0.5) is 11.4 Å². The van der Waals surface area contributed by atoms with Crippen molar-refractivity contribution >= 4 is 29.3 Å². The summed E-state index contributed by atoms with van der Waals surface area (Å²) in [6.45, 7) is 7.80.